The number of alkyl carbamates (subject to hydrolysis) is 1. The van der Waals surface area contributed by atoms with E-state index in [1.165, 1.54) is 0 Å². The van der Waals surface area contributed by atoms with Crippen LogP contribution in [0.4, 0.5) is 4.79 Å². The van der Waals surface area contributed by atoms with Crippen molar-refractivity contribution in [1.82, 2.24) is 20.3 Å². The van der Waals surface area contributed by atoms with Gasteiger partial charge in [0.15, 0.2) is 0 Å². The van der Waals surface area contributed by atoms with Crippen LogP contribution >= 0.6 is 0 Å². The fraction of sp³-hybridized carbons (Fsp3) is 0.565. The predicted molar refractivity (Wildman–Crippen MR) is 118 cm³/mol. The maximum absolute atomic E-state index is 11.9. The van der Waals surface area contributed by atoms with Gasteiger partial charge in [0, 0.05) is 12.6 Å². The quantitative estimate of drug-likeness (QED) is 0.605. The minimum Gasteiger partial charge on any atom is -0.490 e. The predicted octanol–water partition coefficient (Wildman–Crippen LogP) is 3.78. The van der Waals surface area contributed by atoms with Crippen molar-refractivity contribution in [3.05, 3.63) is 30.0 Å². The Bertz CT molecular complexity index is 910. The zero-order valence-corrected chi connectivity index (χ0v) is 18.9. The molecule has 2 atom stereocenters. The maximum atomic E-state index is 11.9. The van der Waals surface area contributed by atoms with Crippen molar-refractivity contribution in [2.24, 2.45) is 18.9 Å². The maximum Gasteiger partial charge on any atom is 0.407 e. The topological polar surface area (TPSA) is 116 Å². The van der Waals surface area contributed by atoms with Gasteiger partial charge in [-0.15, -0.1) is 5.10 Å². The summed E-state index contributed by atoms with van der Waals surface area (Å²) in [4.78, 5) is 23.2. The summed E-state index contributed by atoms with van der Waals surface area (Å²) in [5.41, 5.74) is 2.28. The Hall–Kier alpha value is -3.10. The summed E-state index contributed by atoms with van der Waals surface area (Å²) in [6.45, 7) is 4.78. The second-order valence-corrected chi connectivity index (χ2v) is 8.65. The minimum atomic E-state index is -0.749. The van der Waals surface area contributed by atoms with Gasteiger partial charge < -0.3 is 19.9 Å². The highest BCUT2D eigenvalue weighted by molar-refractivity contribution is 5.70. The normalized spacial score (nSPS) is 18.4. The Morgan fingerprint density at radius 1 is 1.25 bits per heavy atom. The van der Waals surface area contributed by atoms with E-state index in [0.717, 1.165) is 30.5 Å². The lowest BCUT2D eigenvalue weighted by atomic mass is 9.87. The van der Waals surface area contributed by atoms with Crippen LogP contribution < -0.4 is 10.1 Å². The van der Waals surface area contributed by atoms with Crippen LogP contribution in [0.25, 0.3) is 11.3 Å². The van der Waals surface area contributed by atoms with Crippen LogP contribution in [0.2, 0.25) is 0 Å². The number of ether oxygens (including phenoxy) is 2. The van der Waals surface area contributed by atoms with Crippen molar-refractivity contribution < 1.29 is 24.2 Å². The fourth-order valence-corrected chi connectivity index (χ4v) is 3.75. The van der Waals surface area contributed by atoms with Gasteiger partial charge >= 0.3 is 12.1 Å². The van der Waals surface area contributed by atoms with Crippen LogP contribution in [0, 0.1) is 11.8 Å². The number of carboxylic acid groups (broad SMARTS) is 1. The molecule has 0 bridgehead atoms. The molecule has 1 amide bonds. The molecule has 3 rings (SSSR count). The molecule has 32 heavy (non-hydrogen) atoms. The number of rotatable bonds is 9. The summed E-state index contributed by atoms with van der Waals surface area (Å²) in [6, 6.07) is 7.49. The molecule has 2 aromatic rings. The van der Waals surface area contributed by atoms with E-state index in [9.17, 15) is 14.7 Å². The Labute approximate surface area is 188 Å². The summed E-state index contributed by atoms with van der Waals surface area (Å²) in [6.07, 6.45) is 3.22. The summed E-state index contributed by atoms with van der Waals surface area (Å²) in [5.74, 6) is 0.0856. The molecular weight excluding hydrogens is 412 g/mol. The second kappa shape index (κ2) is 11.0. The number of amides is 1. The molecule has 1 aliphatic carbocycles. The standard InChI is InChI=1S/C23H32N4O5/c1-15(2)11-12-31-23(30)24-14-20-21(25-26-27(20)3)16-7-9-18(10-8-16)32-19-6-4-5-17(13-19)22(28)29/h7-10,15,17,19H,4-6,11-14H2,1-3H3,(H,24,30)(H,28,29). The number of aryl methyl sites for hydroxylation is 1. The largest absolute Gasteiger partial charge is 0.490 e. The van der Waals surface area contributed by atoms with Crippen molar-refractivity contribution in [2.75, 3.05) is 6.61 Å². The van der Waals surface area contributed by atoms with E-state index in [-0.39, 0.29) is 18.6 Å². The second-order valence-electron chi connectivity index (χ2n) is 8.65. The Morgan fingerprint density at radius 2 is 2.00 bits per heavy atom. The van der Waals surface area contributed by atoms with E-state index in [0.29, 0.717) is 36.8 Å². The third kappa shape index (κ3) is 6.45. The molecule has 1 fully saturated rings. The summed E-state index contributed by atoms with van der Waals surface area (Å²) in [7, 11) is 1.77. The molecule has 0 aliphatic heterocycles. The highest BCUT2D eigenvalue weighted by atomic mass is 16.5. The van der Waals surface area contributed by atoms with E-state index in [1.807, 2.05) is 24.3 Å². The molecule has 174 valence electrons. The lowest BCUT2D eigenvalue weighted by Gasteiger charge is -2.27. The number of carbonyl (C=O) groups is 2. The van der Waals surface area contributed by atoms with Gasteiger partial charge in [-0.3, -0.25) is 4.79 Å². The number of benzene rings is 1. The third-order valence-corrected chi connectivity index (χ3v) is 5.68. The van der Waals surface area contributed by atoms with Gasteiger partial charge in [-0.1, -0.05) is 19.1 Å². The van der Waals surface area contributed by atoms with Crippen LogP contribution in [0.1, 0.15) is 51.6 Å². The molecule has 1 aliphatic rings. The van der Waals surface area contributed by atoms with Gasteiger partial charge in [0.2, 0.25) is 0 Å². The van der Waals surface area contributed by atoms with Gasteiger partial charge in [0.25, 0.3) is 0 Å². The van der Waals surface area contributed by atoms with E-state index in [2.05, 4.69) is 29.5 Å². The molecule has 2 unspecified atom stereocenters. The highest BCUT2D eigenvalue weighted by Crippen LogP contribution is 2.29. The third-order valence-electron chi connectivity index (χ3n) is 5.68. The van der Waals surface area contributed by atoms with Gasteiger partial charge in [0.1, 0.15) is 11.4 Å². The SMILES string of the molecule is CC(C)CCOC(=O)NCc1c(-c2ccc(OC3CCCC(C(=O)O)C3)cc2)nnn1C. The van der Waals surface area contributed by atoms with E-state index >= 15 is 0 Å². The molecule has 1 aromatic carbocycles. The molecular formula is C23H32N4O5. The van der Waals surface area contributed by atoms with Gasteiger partial charge in [-0.2, -0.15) is 0 Å². The van der Waals surface area contributed by atoms with Crippen LogP contribution in [0.5, 0.6) is 5.75 Å². The van der Waals surface area contributed by atoms with Gasteiger partial charge in [-0.25, -0.2) is 9.48 Å². The Kier molecular flexibility index (Phi) is 8.08. The lowest BCUT2D eigenvalue weighted by molar-refractivity contribution is -0.143. The Balaban J connectivity index is 1.59. The van der Waals surface area contributed by atoms with E-state index in [1.54, 1.807) is 11.7 Å². The van der Waals surface area contributed by atoms with Crippen molar-refractivity contribution in [3.63, 3.8) is 0 Å². The van der Waals surface area contributed by atoms with Gasteiger partial charge in [0.05, 0.1) is 30.9 Å². The summed E-state index contributed by atoms with van der Waals surface area (Å²) in [5, 5.41) is 20.3. The number of hydrogen-bond donors (Lipinski definition) is 2. The van der Waals surface area contributed by atoms with Crippen molar-refractivity contribution in [3.8, 4) is 17.0 Å². The van der Waals surface area contributed by atoms with Crippen LogP contribution in [-0.4, -0.2) is 44.9 Å². The number of carbonyl (C=O) groups excluding carboxylic acids is 1. The van der Waals surface area contributed by atoms with E-state index in [4.69, 9.17) is 9.47 Å². The molecule has 9 nitrogen and oxygen atoms in total. The molecule has 0 saturated heterocycles. The van der Waals surface area contributed by atoms with Crippen LogP contribution in [0.3, 0.4) is 0 Å². The first-order valence-electron chi connectivity index (χ1n) is 11.1. The smallest absolute Gasteiger partial charge is 0.407 e. The Morgan fingerprint density at radius 3 is 2.69 bits per heavy atom. The minimum absolute atomic E-state index is 0.0892. The first kappa shape index (κ1) is 23.6. The number of aliphatic carboxylic acids is 1. The molecule has 1 heterocycles. The van der Waals surface area contributed by atoms with Crippen molar-refractivity contribution >= 4 is 12.1 Å². The summed E-state index contributed by atoms with van der Waals surface area (Å²) >= 11 is 0. The first-order valence-corrected chi connectivity index (χ1v) is 11.1. The molecule has 0 spiro atoms. The van der Waals surface area contributed by atoms with Crippen LogP contribution in [-0.2, 0) is 23.1 Å². The molecule has 2 N–H and O–H groups in total. The zero-order chi connectivity index (χ0) is 23.1. The number of hydrogen-bond acceptors (Lipinski definition) is 6. The number of nitrogens with zero attached hydrogens (tertiary/aromatic N) is 3. The van der Waals surface area contributed by atoms with Crippen LogP contribution in [0.15, 0.2) is 24.3 Å². The van der Waals surface area contributed by atoms with Crippen molar-refractivity contribution in [2.45, 2.75) is 58.6 Å². The number of aromatic nitrogens is 3. The fourth-order valence-electron chi connectivity index (χ4n) is 3.75. The van der Waals surface area contributed by atoms with E-state index < -0.39 is 12.1 Å². The van der Waals surface area contributed by atoms with Crippen molar-refractivity contribution in [1.29, 1.82) is 0 Å². The number of nitrogens with one attached hydrogen (secondary N) is 1. The highest BCUT2D eigenvalue weighted by Gasteiger charge is 2.28. The summed E-state index contributed by atoms with van der Waals surface area (Å²) < 4.78 is 12.8. The molecule has 1 aromatic heterocycles. The van der Waals surface area contributed by atoms with Gasteiger partial charge in [-0.05, 0) is 62.3 Å². The average molecular weight is 445 g/mol. The monoisotopic (exact) mass is 444 g/mol. The lowest BCUT2D eigenvalue weighted by Crippen LogP contribution is -2.29. The molecule has 9 heteroatoms. The molecule has 1 saturated carbocycles. The average Bonchev–Trinajstić information content (AvgIpc) is 3.13. The first-order chi connectivity index (χ1) is 15.3. The molecule has 0 radical (unpaired) electrons. The zero-order valence-electron chi connectivity index (χ0n) is 18.9. The number of carboxylic acids is 1.